The van der Waals surface area contributed by atoms with Crippen LogP contribution in [-0.2, 0) is 33.3 Å². The highest BCUT2D eigenvalue weighted by molar-refractivity contribution is 5.95. The number of hydrogen-bond acceptors (Lipinski definition) is 10. The zero-order valence-electron chi connectivity index (χ0n) is 18.3. The molecule has 2 aromatic rings. The van der Waals surface area contributed by atoms with Crippen LogP contribution in [0.4, 0.5) is 5.69 Å². The second-order valence-corrected chi connectivity index (χ2v) is 7.48. The fourth-order valence-electron chi connectivity index (χ4n) is 3.81. The van der Waals surface area contributed by atoms with Crippen LogP contribution in [-0.4, -0.2) is 58.2 Å². The first-order valence-corrected chi connectivity index (χ1v) is 9.93. The summed E-state index contributed by atoms with van der Waals surface area (Å²) >= 11 is 0. The maximum atomic E-state index is 12.2. The van der Waals surface area contributed by atoms with Crippen molar-refractivity contribution in [2.24, 2.45) is 0 Å². The number of esters is 3. The summed E-state index contributed by atoms with van der Waals surface area (Å²) in [5.74, 6) is -2.35. The third kappa shape index (κ3) is 5.00. The number of rotatable bonds is 6. The molecule has 0 aliphatic carbocycles. The van der Waals surface area contributed by atoms with Crippen LogP contribution in [0.25, 0.3) is 10.9 Å². The molecule has 1 saturated heterocycles. The number of hydrogen-bond donors (Lipinski definition) is 0. The molecular weight excluding hydrogens is 440 g/mol. The van der Waals surface area contributed by atoms with Gasteiger partial charge in [-0.05, 0) is 6.07 Å². The number of nitro benzene ring substituents is 1. The Hall–Kier alpha value is -3.80. The molecule has 1 aliphatic heterocycles. The van der Waals surface area contributed by atoms with Crippen LogP contribution in [0, 0.1) is 10.1 Å². The monoisotopic (exact) mass is 462 g/mol. The van der Waals surface area contributed by atoms with Crippen LogP contribution in [0.5, 0.6) is 0 Å². The van der Waals surface area contributed by atoms with Crippen molar-refractivity contribution in [1.29, 1.82) is 0 Å². The van der Waals surface area contributed by atoms with Crippen molar-refractivity contribution in [1.82, 2.24) is 4.57 Å². The van der Waals surface area contributed by atoms with E-state index in [2.05, 4.69) is 0 Å². The molecule has 4 atom stereocenters. The molecule has 0 saturated carbocycles. The third-order valence-corrected chi connectivity index (χ3v) is 5.04. The Balaban J connectivity index is 2.14. The molecule has 0 spiro atoms. The Kier molecular flexibility index (Phi) is 6.77. The Bertz CT molecular complexity index is 1140. The maximum Gasteiger partial charge on any atom is 0.303 e. The number of fused-ring (bicyclic) bond motifs is 1. The summed E-state index contributed by atoms with van der Waals surface area (Å²) in [6, 6.07) is 3.97. The highest BCUT2D eigenvalue weighted by Gasteiger charge is 2.51. The van der Waals surface area contributed by atoms with E-state index in [9.17, 15) is 29.3 Å². The minimum absolute atomic E-state index is 0.218. The van der Waals surface area contributed by atoms with Gasteiger partial charge in [-0.1, -0.05) is 0 Å². The molecule has 3 rings (SSSR count). The number of non-ortho nitro benzene ring substituents is 1. The molecule has 176 valence electrons. The lowest BCUT2D eigenvalue weighted by Gasteiger charge is -2.23. The SMILES string of the molecule is CC(=O)OC[C@H]1O[C@@H](c2cn(C(C)=O)c3cc([N+](=O)[O-])ccc23)[C@H](OC(C)=O)[C@@H]1OC(C)=O. The number of nitro groups is 1. The zero-order valence-corrected chi connectivity index (χ0v) is 18.3. The Labute approximate surface area is 187 Å². The summed E-state index contributed by atoms with van der Waals surface area (Å²) in [5.41, 5.74) is 0.414. The molecule has 1 fully saturated rings. The quantitative estimate of drug-likeness (QED) is 0.270. The largest absolute Gasteiger partial charge is 0.463 e. The first kappa shape index (κ1) is 23.9. The first-order chi connectivity index (χ1) is 15.5. The van der Waals surface area contributed by atoms with Gasteiger partial charge < -0.3 is 18.9 Å². The number of carbonyl (C=O) groups is 4. The highest BCUT2D eigenvalue weighted by Crippen LogP contribution is 2.41. The van der Waals surface area contributed by atoms with Crippen LogP contribution >= 0.6 is 0 Å². The minimum Gasteiger partial charge on any atom is -0.463 e. The zero-order chi connectivity index (χ0) is 24.4. The van der Waals surface area contributed by atoms with Crippen LogP contribution < -0.4 is 0 Å². The molecule has 2 heterocycles. The normalized spacial score (nSPS) is 22.1. The highest BCUT2D eigenvalue weighted by atomic mass is 16.7. The minimum atomic E-state index is -1.13. The van der Waals surface area contributed by atoms with Crippen molar-refractivity contribution in [2.75, 3.05) is 6.61 Å². The first-order valence-electron chi connectivity index (χ1n) is 9.93. The number of ether oxygens (including phenoxy) is 4. The van der Waals surface area contributed by atoms with E-state index < -0.39 is 53.2 Å². The van der Waals surface area contributed by atoms with Gasteiger partial charge in [0.05, 0.1) is 10.4 Å². The summed E-state index contributed by atoms with van der Waals surface area (Å²) in [6.45, 7) is 4.54. The van der Waals surface area contributed by atoms with Gasteiger partial charge in [0, 0.05) is 57.0 Å². The van der Waals surface area contributed by atoms with Gasteiger partial charge in [-0.3, -0.25) is 33.9 Å². The molecule has 12 nitrogen and oxygen atoms in total. The molecule has 1 aliphatic rings. The topological polar surface area (TPSA) is 153 Å². The summed E-state index contributed by atoms with van der Waals surface area (Å²) in [6.07, 6.45) is -2.81. The van der Waals surface area contributed by atoms with Crippen molar-refractivity contribution in [3.63, 3.8) is 0 Å². The van der Waals surface area contributed by atoms with Crippen molar-refractivity contribution in [2.45, 2.75) is 52.1 Å². The lowest BCUT2D eigenvalue weighted by atomic mass is 10.0. The van der Waals surface area contributed by atoms with Crippen molar-refractivity contribution < 1.29 is 43.0 Å². The fourth-order valence-corrected chi connectivity index (χ4v) is 3.81. The standard InChI is InChI=1S/C21H22N2O10/c1-10(24)22-8-16(15-6-5-14(23(28)29)7-17(15)22)19-21(32-13(4)27)20(31-12(3)26)18(33-19)9-30-11(2)25/h5-8,18-21H,9H2,1-4H3/t18-,19+,20-,21+/m1/s1. The second kappa shape index (κ2) is 9.36. The molecule has 33 heavy (non-hydrogen) atoms. The van der Waals surface area contributed by atoms with E-state index in [4.69, 9.17) is 18.9 Å². The average Bonchev–Trinajstić information content (AvgIpc) is 3.24. The van der Waals surface area contributed by atoms with E-state index in [0.29, 0.717) is 10.9 Å². The number of aromatic nitrogens is 1. The molecule has 1 aromatic carbocycles. The number of nitrogens with zero attached hydrogens (tertiary/aromatic N) is 2. The Morgan fingerprint density at radius 3 is 2.21 bits per heavy atom. The fraction of sp³-hybridized carbons (Fsp3) is 0.429. The Morgan fingerprint density at radius 1 is 1.03 bits per heavy atom. The van der Waals surface area contributed by atoms with Gasteiger partial charge in [0.25, 0.3) is 5.69 Å². The van der Waals surface area contributed by atoms with E-state index in [1.807, 2.05) is 0 Å². The van der Waals surface area contributed by atoms with E-state index in [1.54, 1.807) is 0 Å². The molecule has 12 heteroatoms. The number of carbonyl (C=O) groups excluding carboxylic acids is 4. The van der Waals surface area contributed by atoms with Crippen molar-refractivity contribution >= 4 is 40.4 Å². The van der Waals surface area contributed by atoms with Crippen LogP contribution in [0.2, 0.25) is 0 Å². The van der Waals surface area contributed by atoms with E-state index in [0.717, 1.165) is 0 Å². The smallest absolute Gasteiger partial charge is 0.303 e. The van der Waals surface area contributed by atoms with Gasteiger partial charge in [0.2, 0.25) is 5.91 Å². The molecular formula is C21H22N2O10. The molecule has 0 amide bonds. The summed E-state index contributed by atoms with van der Waals surface area (Å²) in [7, 11) is 0. The van der Waals surface area contributed by atoms with Crippen molar-refractivity contribution in [3.8, 4) is 0 Å². The maximum absolute atomic E-state index is 12.2. The van der Waals surface area contributed by atoms with Gasteiger partial charge in [0.1, 0.15) is 18.8 Å². The van der Waals surface area contributed by atoms with E-state index in [-0.39, 0.29) is 17.8 Å². The lowest BCUT2D eigenvalue weighted by molar-refractivity contribution is -0.384. The summed E-state index contributed by atoms with van der Waals surface area (Å²) in [4.78, 5) is 57.7. The second-order valence-electron chi connectivity index (χ2n) is 7.48. The Morgan fingerprint density at radius 2 is 1.67 bits per heavy atom. The van der Waals surface area contributed by atoms with Crippen LogP contribution in [0.3, 0.4) is 0 Å². The van der Waals surface area contributed by atoms with E-state index >= 15 is 0 Å². The van der Waals surface area contributed by atoms with Crippen molar-refractivity contribution in [3.05, 3.63) is 40.1 Å². The summed E-state index contributed by atoms with van der Waals surface area (Å²) < 4.78 is 23.0. The summed E-state index contributed by atoms with van der Waals surface area (Å²) in [5, 5.41) is 11.7. The van der Waals surface area contributed by atoms with Crippen LogP contribution in [0.1, 0.15) is 44.2 Å². The molecule has 0 bridgehead atoms. The lowest BCUT2D eigenvalue weighted by Crippen LogP contribution is -2.40. The predicted molar refractivity (Wildman–Crippen MR) is 110 cm³/mol. The van der Waals surface area contributed by atoms with Gasteiger partial charge in [-0.25, -0.2) is 0 Å². The van der Waals surface area contributed by atoms with Gasteiger partial charge in [-0.15, -0.1) is 0 Å². The van der Waals surface area contributed by atoms with Gasteiger partial charge in [-0.2, -0.15) is 0 Å². The average molecular weight is 462 g/mol. The molecule has 0 unspecified atom stereocenters. The van der Waals surface area contributed by atoms with E-state index in [1.165, 1.54) is 56.7 Å². The van der Waals surface area contributed by atoms with Crippen LogP contribution in [0.15, 0.2) is 24.4 Å². The predicted octanol–water partition coefficient (Wildman–Crippen LogP) is 2.08. The molecule has 0 radical (unpaired) electrons. The van der Waals surface area contributed by atoms with Gasteiger partial charge >= 0.3 is 17.9 Å². The molecule has 0 N–H and O–H groups in total. The third-order valence-electron chi connectivity index (χ3n) is 5.04. The van der Waals surface area contributed by atoms with Gasteiger partial charge in [0.15, 0.2) is 12.2 Å². The number of benzene rings is 1. The molecule has 1 aromatic heterocycles.